The lowest BCUT2D eigenvalue weighted by Gasteiger charge is -2.29. The van der Waals surface area contributed by atoms with Gasteiger partial charge in [-0.2, -0.15) is 0 Å². The predicted molar refractivity (Wildman–Crippen MR) is 138 cm³/mol. The minimum Gasteiger partial charge on any atom is -0.437 e. The standard InChI is InChI=1S/C27H36N4OS/c1-26(2,3)14-17-31-16-13-20-23(18-31)33-25(29-20)30-21-11-9-15-28-24(21)32-22-12-8-7-10-19(22)27(4,5)6/h7-12,15H,13-14,16-18H2,1-6H3,(H,29,30). The third kappa shape index (κ3) is 6.12. The van der Waals surface area contributed by atoms with Crippen LogP contribution in [0.1, 0.15) is 64.1 Å². The quantitative estimate of drug-likeness (QED) is 0.419. The molecule has 6 heteroatoms. The maximum atomic E-state index is 6.32. The number of ether oxygens (including phenoxy) is 1. The first kappa shape index (κ1) is 23.7. The molecule has 0 spiro atoms. The summed E-state index contributed by atoms with van der Waals surface area (Å²) in [6.07, 6.45) is 3.98. The lowest BCUT2D eigenvalue weighted by Crippen LogP contribution is -2.32. The number of hydrogen-bond donors (Lipinski definition) is 1. The number of hydrogen-bond acceptors (Lipinski definition) is 6. The zero-order chi connectivity index (χ0) is 23.6. The van der Waals surface area contributed by atoms with Crippen molar-refractivity contribution in [1.82, 2.24) is 14.9 Å². The third-order valence-electron chi connectivity index (χ3n) is 5.90. The summed E-state index contributed by atoms with van der Waals surface area (Å²) in [6, 6.07) is 12.1. The molecular formula is C27H36N4OS. The van der Waals surface area contributed by atoms with Gasteiger partial charge in [0.15, 0.2) is 5.13 Å². The summed E-state index contributed by atoms with van der Waals surface area (Å²) in [5, 5.41) is 4.38. The number of rotatable bonds is 6. The smallest absolute Gasteiger partial charge is 0.243 e. The summed E-state index contributed by atoms with van der Waals surface area (Å²) < 4.78 is 6.32. The second-order valence-electron chi connectivity index (χ2n) is 11.1. The van der Waals surface area contributed by atoms with Gasteiger partial charge in [-0.25, -0.2) is 9.97 Å². The molecule has 1 aliphatic heterocycles. The zero-order valence-corrected chi connectivity index (χ0v) is 21.6. The van der Waals surface area contributed by atoms with Gasteiger partial charge in [0.1, 0.15) is 11.4 Å². The van der Waals surface area contributed by atoms with Crippen LogP contribution in [0.4, 0.5) is 10.8 Å². The largest absolute Gasteiger partial charge is 0.437 e. The number of thiazole rings is 1. The highest BCUT2D eigenvalue weighted by molar-refractivity contribution is 7.15. The Morgan fingerprint density at radius 1 is 1.06 bits per heavy atom. The van der Waals surface area contributed by atoms with E-state index in [0.29, 0.717) is 11.3 Å². The van der Waals surface area contributed by atoms with Crippen LogP contribution in [0.5, 0.6) is 11.6 Å². The van der Waals surface area contributed by atoms with E-state index in [2.05, 4.69) is 68.9 Å². The van der Waals surface area contributed by atoms with Crippen LogP contribution in [-0.2, 0) is 18.4 Å². The molecule has 4 rings (SSSR count). The number of anilines is 2. The second kappa shape index (κ2) is 9.43. The monoisotopic (exact) mass is 464 g/mol. The number of nitrogens with zero attached hydrogens (tertiary/aromatic N) is 3. The topological polar surface area (TPSA) is 50.3 Å². The Morgan fingerprint density at radius 2 is 1.85 bits per heavy atom. The molecule has 0 saturated heterocycles. The van der Waals surface area contributed by atoms with Crippen molar-refractivity contribution in [2.45, 2.75) is 66.3 Å². The molecule has 0 saturated carbocycles. The van der Waals surface area contributed by atoms with Crippen LogP contribution in [0, 0.1) is 5.41 Å². The van der Waals surface area contributed by atoms with Gasteiger partial charge in [-0.15, -0.1) is 11.3 Å². The molecule has 176 valence electrons. The molecule has 0 unspecified atom stereocenters. The normalized spacial score (nSPS) is 14.7. The SMILES string of the molecule is CC(C)(C)CCN1CCc2nc(Nc3cccnc3Oc3ccccc3C(C)(C)C)sc2C1. The molecule has 3 heterocycles. The predicted octanol–water partition coefficient (Wildman–Crippen LogP) is 7.17. The number of benzene rings is 1. The summed E-state index contributed by atoms with van der Waals surface area (Å²) in [4.78, 5) is 13.3. The van der Waals surface area contributed by atoms with Crippen LogP contribution in [0.25, 0.3) is 0 Å². The molecule has 2 aromatic heterocycles. The number of nitrogens with one attached hydrogen (secondary N) is 1. The Morgan fingerprint density at radius 3 is 2.61 bits per heavy atom. The van der Waals surface area contributed by atoms with Gasteiger partial charge in [0.05, 0.1) is 5.69 Å². The average Bonchev–Trinajstić information content (AvgIpc) is 3.14. The molecule has 0 amide bonds. The van der Waals surface area contributed by atoms with Crippen molar-refractivity contribution < 1.29 is 4.74 Å². The van der Waals surface area contributed by atoms with E-state index in [1.807, 2.05) is 24.3 Å². The number of fused-ring (bicyclic) bond motifs is 1. The summed E-state index contributed by atoms with van der Waals surface area (Å²) in [7, 11) is 0. The van der Waals surface area contributed by atoms with Gasteiger partial charge in [0, 0.05) is 36.1 Å². The van der Waals surface area contributed by atoms with E-state index in [1.54, 1.807) is 17.5 Å². The summed E-state index contributed by atoms with van der Waals surface area (Å²) in [5.74, 6) is 1.40. The number of para-hydroxylation sites is 1. The Hall–Kier alpha value is -2.44. The number of pyridine rings is 1. The van der Waals surface area contributed by atoms with Crippen molar-refractivity contribution in [3.8, 4) is 11.6 Å². The molecule has 0 radical (unpaired) electrons. The van der Waals surface area contributed by atoms with Crippen molar-refractivity contribution in [1.29, 1.82) is 0 Å². The van der Waals surface area contributed by atoms with Crippen LogP contribution < -0.4 is 10.1 Å². The molecule has 33 heavy (non-hydrogen) atoms. The molecule has 0 atom stereocenters. The number of aromatic nitrogens is 2. The van der Waals surface area contributed by atoms with E-state index in [0.717, 1.165) is 48.2 Å². The van der Waals surface area contributed by atoms with Crippen LogP contribution in [0.15, 0.2) is 42.6 Å². The lowest BCUT2D eigenvalue weighted by molar-refractivity contribution is 0.214. The Balaban J connectivity index is 1.50. The van der Waals surface area contributed by atoms with E-state index >= 15 is 0 Å². The van der Waals surface area contributed by atoms with Crippen LogP contribution >= 0.6 is 11.3 Å². The van der Waals surface area contributed by atoms with Crippen molar-refractivity contribution in [2.75, 3.05) is 18.4 Å². The van der Waals surface area contributed by atoms with Gasteiger partial charge < -0.3 is 10.1 Å². The van der Waals surface area contributed by atoms with E-state index in [9.17, 15) is 0 Å². The molecule has 3 aromatic rings. The second-order valence-corrected chi connectivity index (χ2v) is 12.1. The zero-order valence-electron chi connectivity index (χ0n) is 20.7. The molecule has 0 bridgehead atoms. The molecule has 1 aliphatic rings. The van der Waals surface area contributed by atoms with E-state index in [4.69, 9.17) is 9.72 Å². The van der Waals surface area contributed by atoms with Gasteiger partial charge in [0.25, 0.3) is 0 Å². The molecule has 1 N–H and O–H groups in total. The fourth-order valence-electron chi connectivity index (χ4n) is 3.95. The highest BCUT2D eigenvalue weighted by Crippen LogP contribution is 2.37. The van der Waals surface area contributed by atoms with Crippen LogP contribution in [0.2, 0.25) is 0 Å². The first-order valence-corrected chi connectivity index (χ1v) is 12.6. The van der Waals surface area contributed by atoms with E-state index < -0.39 is 0 Å². The minimum absolute atomic E-state index is 0.0216. The Labute approximate surface area is 202 Å². The average molecular weight is 465 g/mol. The lowest BCUT2D eigenvalue weighted by atomic mass is 9.86. The summed E-state index contributed by atoms with van der Waals surface area (Å²) in [5.41, 5.74) is 3.55. The molecule has 5 nitrogen and oxygen atoms in total. The van der Waals surface area contributed by atoms with E-state index in [1.165, 1.54) is 17.0 Å². The van der Waals surface area contributed by atoms with E-state index in [-0.39, 0.29) is 5.41 Å². The van der Waals surface area contributed by atoms with Gasteiger partial charge >= 0.3 is 0 Å². The molecule has 1 aromatic carbocycles. The fourth-order valence-corrected chi connectivity index (χ4v) is 5.01. The highest BCUT2D eigenvalue weighted by atomic mass is 32.1. The fraction of sp³-hybridized carbons (Fsp3) is 0.481. The van der Waals surface area contributed by atoms with Gasteiger partial charge in [0.2, 0.25) is 5.88 Å². The van der Waals surface area contributed by atoms with Crippen LogP contribution in [-0.4, -0.2) is 28.0 Å². The highest BCUT2D eigenvalue weighted by Gasteiger charge is 2.23. The van der Waals surface area contributed by atoms with Gasteiger partial charge in [-0.1, -0.05) is 59.7 Å². The maximum absolute atomic E-state index is 6.32. The van der Waals surface area contributed by atoms with Crippen molar-refractivity contribution in [2.24, 2.45) is 5.41 Å². The first-order chi connectivity index (χ1) is 15.6. The van der Waals surface area contributed by atoms with Crippen molar-refractivity contribution >= 4 is 22.2 Å². The molecule has 0 aliphatic carbocycles. The van der Waals surface area contributed by atoms with Gasteiger partial charge in [-0.05, 0) is 42.0 Å². The Bertz CT molecular complexity index is 1090. The first-order valence-electron chi connectivity index (χ1n) is 11.8. The van der Waals surface area contributed by atoms with Crippen molar-refractivity contribution in [3.05, 3.63) is 58.7 Å². The molecular weight excluding hydrogens is 428 g/mol. The summed E-state index contributed by atoms with van der Waals surface area (Å²) in [6.45, 7) is 16.7. The third-order valence-corrected chi connectivity index (χ3v) is 6.90. The summed E-state index contributed by atoms with van der Waals surface area (Å²) >= 11 is 1.74. The van der Waals surface area contributed by atoms with Gasteiger partial charge in [-0.3, -0.25) is 4.90 Å². The maximum Gasteiger partial charge on any atom is 0.243 e. The molecule has 0 fully saturated rings. The van der Waals surface area contributed by atoms with Crippen molar-refractivity contribution in [3.63, 3.8) is 0 Å². The Kier molecular flexibility index (Phi) is 6.78. The minimum atomic E-state index is -0.0216. The van der Waals surface area contributed by atoms with Crippen LogP contribution in [0.3, 0.4) is 0 Å².